The fourth-order valence-corrected chi connectivity index (χ4v) is 3.08. The van der Waals surface area contributed by atoms with Crippen LogP contribution in [0, 0.1) is 5.92 Å². The summed E-state index contributed by atoms with van der Waals surface area (Å²) in [4.78, 5) is 9.10. The number of para-hydroxylation sites is 2. The Kier molecular flexibility index (Phi) is 5.20. The molecular weight excluding hydrogens is 288 g/mol. The molecule has 0 unspecified atom stereocenters. The van der Waals surface area contributed by atoms with E-state index in [1.54, 1.807) is 6.20 Å². The van der Waals surface area contributed by atoms with Gasteiger partial charge in [0.1, 0.15) is 0 Å². The molecule has 0 saturated heterocycles. The molecule has 1 aliphatic rings. The number of hydrogen-bond donors (Lipinski definition) is 3. The molecule has 3 rings (SSSR count). The van der Waals surface area contributed by atoms with E-state index in [0.717, 1.165) is 48.0 Å². The molecule has 1 heterocycles. The lowest BCUT2D eigenvalue weighted by molar-refractivity contribution is 0.178. The first-order valence-electron chi connectivity index (χ1n) is 8.28. The number of aromatic nitrogens is 2. The van der Waals surface area contributed by atoms with Crippen LogP contribution in [0.1, 0.15) is 31.4 Å². The predicted octanol–water partition coefficient (Wildman–Crippen LogP) is 2.07. The molecule has 5 nitrogen and oxygen atoms in total. The van der Waals surface area contributed by atoms with Crippen molar-refractivity contribution in [3.05, 3.63) is 42.4 Å². The number of fused-ring (bicyclic) bond motifs is 1. The van der Waals surface area contributed by atoms with Crippen molar-refractivity contribution in [2.24, 2.45) is 11.7 Å². The molecule has 0 spiro atoms. The van der Waals surface area contributed by atoms with E-state index in [1.165, 1.54) is 0 Å². The van der Waals surface area contributed by atoms with Gasteiger partial charge in [-0.05, 0) is 43.7 Å². The lowest BCUT2D eigenvalue weighted by atomic mass is 9.86. The lowest BCUT2D eigenvalue weighted by Crippen LogP contribution is -2.31. The maximum atomic E-state index is 9.20. The average Bonchev–Trinajstić information content (AvgIpc) is 2.62. The molecule has 4 N–H and O–H groups in total. The SMILES string of the molecule is NC/C(=C\NC1CCC(CO)CC1)c1cnc2ccccc2n1. The van der Waals surface area contributed by atoms with E-state index < -0.39 is 0 Å². The van der Waals surface area contributed by atoms with Gasteiger partial charge >= 0.3 is 0 Å². The smallest absolute Gasteiger partial charge is 0.0894 e. The third-order valence-electron chi connectivity index (χ3n) is 4.60. The van der Waals surface area contributed by atoms with Crippen molar-refractivity contribution in [1.82, 2.24) is 15.3 Å². The van der Waals surface area contributed by atoms with E-state index in [1.807, 2.05) is 30.5 Å². The molecule has 5 heteroatoms. The van der Waals surface area contributed by atoms with Crippen molar-refractivity contribution in [2.75, 3.05) is 13.2 Å². The molecule has 2 aromatic rings. The Morgan fingerprint density at radius 2 is 1.96 bits per heavy atom. The Labute approximate surface area is 136 Å². The van der Waals surface area contributed by atoms with E-state index >= 15 is 0 Å². The summed E-state index contributed by atoms with van der Waals surface area (Å²) in [5.41, 5.74) is 9.46. The summed E-state index contributed by atoms with van der Waals surface area (Å²) in [5, 5.41) is 12.7. The Balaban J connectivity index is 1.70. The quantitative estimate of drug-likeness (QED) is 0.787. The van der Waals surface area contributed by atoms with Crippen LogP contribution in [0.15, 0.2) is 36.7 Å². The van der Waals surface area contributed by atoms with Crippen molar-refractivity contribution in [2.45, 2.75) is 31.7 Å². The molecule has 0 aliphatic heterocycles. The van der Waals surface area contributed by atoms with E-state index in [2.05, 4.69) is 15.3 Å². The molecule has 0 bridgehead atoms. The second-order valence-corrected chi connectivity index (χ2v) is 6.18. The first-order chi connectivity index (χ1) is 11.3. The molecule has 23 heavy (non-hydrogen) atoms. The lowest BCUT2D eigenvalue weighted by Gasteiger charge is -2.27. The number of aliphatic hydroxyl groups excluding tert-OH is 1. The summed E-state index contributed by atoms with van der Waals surface area (Å²) in [5.74, 6) is 0.470. The van der Waals surface area contributed by atoms with Gasteiger partial charge in [-0.25, -0.2) is 4.98 Å². The van der Waals surface area contributed by atoms with Gasteiger partial charge in [-0.1, -0.05) is 12.1 Å². The zero-order valence-electron chi connectivity index (χ0n) is 13.3. The molecule has 1 saturated carbocycles. The normalized spacial score (nSPS) is 22.3. The highest BCUT2D eigenvalue weighted by atomic mass is 16.3. The van der Waals surface area contributed by atoms with E-state index in [-0.39, 0.29) is 0 Å². The van der Waals surface area contributed by atoms with Gasteiger partial charge in [-0.3, -0.25) is 4.98 Å². The fraction of sp³-hybridized carbons (Fsp3) is 0.444. The third-order valence-corrected chi connectivity index (χ3v) is 4.60. The Morgan fingerprint density at radius 3 is 2.65 bits per heavy atom. The Bertz CT molecular complexity index is 678. The van der Waals surface area contributed by atoms with Gasteiger partial charge in [-0.2, -0.15) is 0 Å². The van der Waals surface area contributed by atoms with Crippen molar-refractivity contribution in [3.63, 3.8) is 0 Å². The van der Waals surface area contributed by atoms with Crippen LogP contribution in [-0.4, -0.2) is 34.3 Å². The van der Waals surface area contributed by atoms with Crippen LogP contribution in [-0.2, 0) is 0 Å². The van der Waals surface area contributed by atoms with Crippen LogP contribution < -0.4 is 11.1 Å². The number of aliphatic hydroxyl groups is 1. The highest BCUT2D eigenvalue weighted by Gasteiger charge is 2.19. The minimum absolute atomic E-state index is 0.309. The maximum Gasteiger partial charge on any atom is 0.0894 e. The molecule has 0 radical (unpaired) electrons. The summed E-state index contributed by atoms with van der Waals surface area (Å²) in [6.07, 6.45) is 8.10. The zero-order chi connectivity index (χ0) is 16.1. The van der Waals surface area contributed by atoms with Crippen molar-refractivity contribution in [3.8, 4) is 0 Å². The van der Waals surface area contributed by atoms with Gasteiger partial charge in [-0.15, -0.1) is 0 Å². The summed E-state index contributed by atoms with van der Waals surface area (Å²) in [6.45, 7) is 0.731. The van der Waals surface area contributed by atoms with Crippen LogP contribution in [0.2, 0.25) is 0 Å². The average molecular weight is 312 g/mol. The second-order valence-electron chi connectivity index (χ2n) is 6.18. The molecule has 0 amide bonds. The minimum atomic E-state index is 0.309. The van der Waals surface area contributed by atoms with Crippen LogP contribution >= 0.6 is 0 Å². The van der Waals surface area contributed by atoms with Crippen molar-refractivity contribution in [1.29, 1.82) is 0 Å². The maximum absolute atomic E-state index is 9.20. The Hall–Kier alpha value is -1.98. The molecular formula is C18H24N4O. The summed E-state index contributed by atoms with van der Waals surface area (Å²) < 4.78 is 0. The Morgan fingerprint density at radius 1 is 1.22 bits per heavy atom. The molecule has 1 aliphatic carbocycles. The summed E-state index contributed by atoms with van der Waals surface area (Å²) in [6, 6.07) is 8.29. The fourth-order valence-electron chi connectivity index (χ4n) is 3.08. The van der Waals surface area contributed by atoms with Crippen LogP contribution in [0.25, 0.3) is 16.6 Å². The largest absolute Gasteiger partial charge is 0.396 e. The van der Waals surface area contributed by atoms with Crippen molar-refractivity contribution < 1.29 is 5.11 Å². The molecule has 1 aromatic heterocycles. The first-order valence-corrected chi connectivity index (χ1v) is 8.28. The predicted molar refractivity (Wildman–Crippen MR) is 92.5 cm³/mol. The van der Waals surface area contributed by atoms with Crippen molar-refractivity contribution >= 4 is 16.6 Å². The third kappa shape index (κ3) is 3.86. The molecule has 1 aromatic carbocycles. The van der Waals surface area contributed by atoms with Gasteiger partial charge in [0.15, 0.2) is 0 Å². The second kappa shape index (κ2) is 7.53. The monoisotopic (exact) mass is 312 g/mol. The van der Waals surface area contributed by atoms with E-state index in [0.29, 0.717) is 25.1 Å². The number of nitrogens with zero attached hydrogens (tertiary/aromatic N) is 2. The molecule has 122 valence electrons. The standard InChI is InChI=1S/C18H24N4O/c19-9-14(10-20-15-7-5-13(12-23)6-8-15)18-11-21-16-3-1-2-4-17(16)22-18/h1-4,10-11,13,15,20,23H,5-9,12,19H2/b14-10+. The highest BCUT2D eigenvalue weighted by Crippen LogP contribution is 2.24. The van der Waals surface area contributed by atoms with E-state index in [9.17, 15) is 5.11 Å². The number of nitrogens with one attached hydrogen (secondary N) is 1. The van der Waals surface area contributed by atoms with Crippen LogP contribution in [0.5, 0.6) is 0 Å². The molecule has 0 atom stereocenters. The number of rotatable bonds is 5. The van der Waals surface area contributed by atoms with Gasteiger partial charge in [0.05, 0.1) is 22.9 Å². The summed E-state index contributed by atoms with van der Waals surface area (Å²) >= 11 is 0. The number of hydrogen-bond acceptors (Lipinski definition) is 5. The highest BCUT2D eigenvalue weighted by molar-refractivity contribution is 5.76. The van der Waals surface area contributed by atoms with Crippen LogP contribution in [0.3, 0.4) is 0 Å². The number of nitrogens with two attached hydrogens (primary N) is 1. The minimum Gasteiger partial charge on any atom is -0.396 e. The van der Waals surface area contributed by atoms with Gasteiger partial charge in [0.2, 0.25) is 0 Å². The van der Waals surface area contributed by atoms with Crippen LogP contribution in [0.4, 0.5) is 0 Å². The van der Waals surface area contributed by atoms with E-state index in [4.69, 9.17) is 5.73 Å². The topological polar surface area (TPSA) is 84.1 Å². The zero-order valence-corrected chi connectivity index (χ0v) is 13.3. The number of benzene rings is 1. The molecule has 1 fully saturated rings. The summed E-state index contributed by atoms with van der Waals surface area (Å²) in [7, 11) is 0. The van der Waals surface area contributed by atoms with Gasteiger partial charge in [0.25, 0.3) is 0 Å². The first kappa shape index (κ1) is 15.9. The van der Waals surface area contributed by atoms with Gasteiger partial charge in [0, 0.05) is 31.0 Å². The van der Waals surface area contributed by atoms with Gasteiger partial charge < -0.3 is 16.2 Å².